The number of amides is 1. The van der Waals surface area contributed by atoms with Crippen LogP contribution in [-0.2, 0) is 9.53 Å². The zero-order valence-electron chi connectivity index (χ0n) is 12.7. The molecule has 1 aliphatic rings. The third kappa shape index (κ3) is 5.49. The lowest BCUT2D eigenvalue weighted by atomic mass is 9.98. The molecular formula is C15H30N2O2. The van der Waals surface area contributed by atoms with E-state index in [4.69, 9.17) is 4.74 Å². The fourth-order valence-electron chi connectivity index (χ4n) is 2.60. The highest BCUT2D eigenvalue weighted by Gasteiger charge is 2.33. The summed E-state index contributed by atoms with van der Waals surface area (Å²) in [5.41, 5.74) is 0. The molecule has 19 heavy (non-hydrogen) atoms. The van der Waals surface area contributed by atoms with Gasteiger partial charge in [-0.05, 0) is 18.9 Å². The fraction of sp³-hybridized carbons (Fsp3) is 0.933. The standard InChI is InChI=1S/C15H30N2O2/c1-4-7-8-12(5-2)9-17-15(18)13-10-19-11-14(13)16-6-3/h12-14,16H,4-11H2,1-3H3,(H,17,18). The SMILES string of the molecule is CCCCC(CC)CNC(=O)C1COCC1NCC. The van der Waals surface area contributed by atoms with Gasteiger partial charge in [0.05, 0.1) is 19.1 Å². The maximum atomic E-state index is 12.2. The summed E-state index contributed by atoms with van der Waals surface area (Å²) in [4.78, 5) is 12.2. The molecule has 0 bridgehead atoms. The van der Waals surface area contributed by atoms with E-state index in [0.717, 1.165) is 19.5 Å². The second-order valence-corrected chi connectivity index (χ2v) is 5.47. The van der Waals surface area contributed by atoms with Gasteiger partial charge in [-0.1, -0.05) is 40.0 Å². The van der Waals surface area contributed by atoms with Crippen LogP contribution in [0.2, 0.25) is 0 Å². The first-order chi connectivity index (χ1) is 9.22. The van der Waals surface area contributed by atoms with Gasteiger partial charge in [-0.2, -0.15) is 0 Å². The van der Waals surface area contributed by atoms with Crippen LogP contribution in [-0.4, -0.2) is 38.3 Å². The number of likely N-dealkylation sites (N-methyl/N-ethyl adjacent to an activating group) is 1. The van der Waals surface area contributed by atoms with Crippen LogP contribution in [0.15, 0.2) is 0 Å². The first-order valence-corrected chi connectivity index (χ1v) is 7.81. The van der Waals surface area contributed by atoms with E-state index in [1.54, 1.807) is 0 Å². The van der Waals surface area contributed by atoms with Gasteiger partial charge in [0.2, 0.25) is 5.91 Å². The molecule has 1 heterocycles. The molecule has 4 nitrogen and oxygen atoms in total. The summed E-state index contributed by atoms with van der Waals surface area (Å²) in [5.74, 6) is 0.742. The van der Waals surface area contributed by atoms with E-state index in [1.165, 1.54) is 19.3 Å². The van der Waals surface area contributed by atoms with Gasteiger partial charge in [-0.3, -0.25) is 4.79 Å². The molecule has 0 aromatic heterocycles. The minimum absolute atomic E-state index is 0.0244. The molecule has 0 saturated carbocycles. The highest BCUT2D eigenvalue weighted by molar-refractivity contribution is 5.79. The van der Waals surface area contributed by atoms with Crippen molar-refractivity contribution in [3.8, 4) is 0 Å². The number of nitrogens with one attached hydrogen (secondary N) is 2. The van der Waals surface area contributed by atoms with Gasteiger partial charge in [-0.15, -0.1) is 0 Å². The molecule has 1 rings (SSSR count). The largest absolute Gasteiger partial charge is 0.379 e. The second kappa shape index (κ2) is 9.32. The summed E-state index contributed by atoms with van der Waals surface area (Å²) >= 11 is 0. The molecular weight excluding hydrogens is 240 g/mol. The van der Waals surface area contributed by atoms with Gasteiger partial charge in [0.1, 0.15) is 0 Å². The highest BCUT2D eigenvalue weighted by atomic mass is 16.5. The first kappa shape index (κ1) is 16.4. The quantitative estimate of drug-likeness (QED) is 0.673. The van der Waals surface area contributed by atoms with Gasteiger partial charge in [0.25, 0.3) is 0 Å². The van der Waals surface area contributed by atoms with Crippen LogP contribution in [0.5, 0.6) is 0 Å². The number of hydrogen-bond donors (Lipinski definition) is 2. The maximum Gasteiger partial charge on any atom is 0.227 e. The molecule has 1 aliphatic heterocycles. The topological polar surface area (TPSA) is 50.4 Å². The zero-order chi connectivity index (χ0) is 14.1. The third-order valence-corrected chi connectivity index (χ3v) is 3.99. The zero-order valence-corrected chi connectivity index (χ0v) is 12.7. The predicted molar refractivity (Wildman–Crippen MR) is 78.1 cm³/mol. The third-order valence-electron chi connectivity index (χ3n) is 3.99. The Labute approximate surface area is 117 Å². The van der Waals surface area contributed by atoms with Crippen molar-refractivity contribution < 1.29 is 9.53 Å². The lowest BCUT2D eigenvalue weighted by molar-refractivity contribution is -0.125. The molecule has 0 aromatic rings. The molecule has 1 amide bonds. The van der Waals surface area contributed by atoms with Gasteiger partial charge in [0.15, 0.2) is 0 Å². The number of ether oxygens (including phenoxy) is 1. The minimum atomic E-state index is -0.0244. The van der Waals surface area contributed by atoms with E-state index in [1.807, 2.05) is 0 Å². The molecule has 3 unspecified atom stereocenters. The predicted octanol–water partition coefficient (Wildman–Crippen LogP) is 1.94. The summed E-state index contributed by atoms with van der Waals surface area (Å²) < 4.78 is 5.42. The van der Waals surface area contributed by atoms with Crippen LogP contribution in [0.1, 0.15) is 46.5 Å². The summed E-state index contributed by atoms with van der Waals surface area (Å²) in [7, 11) is 0. The van der Waals surface area contributed by atoms with E-state index in [-0.39, 0.29) is 17.9 Å². The number of rotatable bonds is 9. The van der Waals surface area contributed by atoms with Crippen molar-refractivity contribution in [1.29, 1.82) is 0 Å². The van der Waals surface area contributed by atoms with Crippen LogP contribution < -0.4 is 10.6 Å². The normalized spacial score (nSPS) is 24.4. The lowest BCUT2D eigenvalue weighted by Gasteiger charge is -2.20. The molecule has 0 spiro atoms. The molecule has 1 saturated heterocycles. The van der Waals surface area contributed by atoms with E-state index < -0.39 is 0 Å². The Morgan fingerprint density at radius 2 is 2.11 bits per heavy atom. The molecule has 112 valence electrons. The molecule has 3 atom stereocenters. The van der Waals surface area contributed by atoms with Crippen LogP contribution in [0, 0.1) is 11.8 Å². The van der Waals surface area contributed by atoms with Crippen LogP contribution >= 0.6 is 0 Å². The van der Waals surface area contributed by atoms with Gasteiger partial charge in [-0.25, -0.2) is 0 Å². The smallest absolute Gasteiger partial charge is 0.227 e. The second-order valence-electron chi connectivity index (χ2n) is 5.47. The minimum Gasteiger partial charge on any atom is -0.379 e. The summed E-state index contributed by atoms with van der Waals surface area (Å²) in [5, 5.41) is 6.44. The van der Waals surface area contributed by atoms with Crippen LogP contribution in [0.4, 0.5) is 0 Å². The highest BCUT2D eigenvalue weighted by Crippen LogP contribution is 2.15. The molecule has 0 radical (unpaired) electrons. The average molecular weight is 270 g/mol. The van der Waals surface area contributed by atoms with Crippen LogP contribution in [0.3, 0.4) is 0 Å². The van der Waals surface area contributed by atoms with Crippen molar-refractivity contribution >= 4 is 5.91 Å². The number of unbranched alkanes of at least 4 members (excludes halogenated alkanes) is 1. The van der Waals surface area contributed by atoms with Gasteiger partial charge < -0.3 is 15.4 Å². The number of hydrogen-bond acceptors (Lipinski definition) is 3. The molecule has 1 fully saturated rings. The van der Waals surface area contributed by atoms with Crippen molar-refractivity contribution in [1.82, 2.24) is 10.6 Å². The molecule has 4 heteroatoms. The summed E-state index contributed by atoms with van der Waals surface area (Å²) in [6.07, 6.45) is 4.83. The van der Waals surface area contributed by atoms with Gasteiger partial charge >= 0.3 is 0 Å². The Morgan fingerprint density at radius 3 is 2.74 bits per heavy atom. The Hall–Kier alpha value is -0.610. The van der Waals surface area contributed by atoms with Crippen molar-refractivity contribution in [2.24, 2.45) is 11.8 Å². The van der Waals surface area contributed by atoms with Gasteiger partial charge in [0, 0.05) is 12.6 Å². The maximum absolute atomic E-state index is 12.2. The summed E-state index contributed by atoms with van der Waals surface area (Å²) in [6.45, 7) is 9.37. The monoisotopic (exact) mass is 270 g/mol. The number of carbonyl (C=O) groups is 1. The first-order valence-electron chi connectivity index (χ1n) is 7.81. The fourth-order valence-corrected chi connectivity index (χ4v) is 2.60. The van der Waals surface area contributed by atoms with Crippen molar-refractivity contribution in [3.05, 3.63) is 0 Å². The number of carbonyl (C=O) groups excluding carboxylic acids is 1. The van der Waals surface area contributed by atoms with E-state index in [0.29, 0.717) is 19.1 Å². The van der Waals surface area contributed by atoms with Crippen molar-refractivity contribution in [2.45, 2.75) is 52.5 Å². The van der Waals surface area contributed by atoms with E-state index >= 15 is 0 Å². The Bertz CT molecular complexity index is 259. The Kier molecular flexibility index (Phi) is 8.07. The summed E-state index contributed by atoms with van der Waals surface area (Å²) in [6, 6.07) is 0.181. The van der Waals surface area contributed by atoms with Crippen LogP contribution in [0.25, 0.3) is 0 Å². The van der Waals surface area contributed by atoms with E-state index in [2.05, 4.69) is 31.4 Å². The van der Waals surface area contributed by atoms with Crippen molar-refractivity contribution in [2.75, 3.05) is 26.3 Å². The molecule has 0 aliphatic carbocycles. The van der Waals surface area contributed by atoms with Crippen molar-refractivity contribution in [3.63, 3.8) is 0 Å². The Morgan fingerprint density at radius 1 is 1.32 bits per heavy atom. The lowest BCUT2D eigenvalue weighted by Crippen LogP contribution is -2.44. The van der Waals surface area contributed by atoms with E-state index in [9.17, 15) is 4.79 Å². The molecule has 0 aromatic carbocycles. The Balaban J connectivity index is 2.32. The molecule has 2 N–H and O–H groups in total. The average Bonchev–Trinajstić information content (AvgIpc) is 2.87.